The molecule has 0 heterocycles. The van der Waals surface area contributed by atoms with E-state index in [4.69, 9.17) is 0 Å². The Morgan fingerprint density at radius 2 is 1.78 bits per heavy atom. The van der Waals surface area contributed by atoms with Crippen LogP contribution >= 0.6 is 0 Å². The lowest BCUT2D eigenvalue weighted by molar-refractivity contribution is 0.427. The number of hydrogen-bond donors (Lipinski definition) is 2. The Hall–Kier alpha value is -1.07. The summed E-state index contributed by atoms with van der Waals surface area (Å²) in [6.07, 6.45) is 4.00. The first kappa shape index (κ1) is 13.4. The van der Waals surface area contributed by atoms with Crippen molar-refractivity contribution >= 4 is 15.7 Å². The van der Waals surface area contributed by atoms with Gasteiger partial charge in [0.1, 0.15) is 4.90 Å². The first-order valence-corrected chi connectivity index (χ1v) is 7.76. The summed E-state index contributed by atoms with van der Waals surface area (Å²) < 4.78 is 27.7. The first-order valence-electron chi connectivity index (χ1n) is 6.28. The van der Waals surface area contributed by atoms with E-state index in [-0.39, 0.29) is 5.54 Å². The van der Waals surface area contributed by atoms with Crippen LogP contribution in [0.3, 0.4) is 0 Å². The van der Waals surface area contributed by atoms with Crippen molar-refractivity contribution in [3.8, 4) is 0 Å². The minimum Gasteiger partial charge on any atom is -0.387 e. The van der Waals surface area contributed by atoms with Crippen molar-refractivity contribution in [3.05, 3.63) is 24.3 Å². The Labute approximate surface area is 109 Å². The summed E-state index contributed by atoms with van der Waals surface area (Å²) in [7, 11) is -1.73. The molecule has 0 radical (unpaired) electrons. The fourth-order valence-electron chi connectivity index (χ4n) is 2.54. The molecule has 0 atom stereocenters. The van der Waals surface area contributed by atoms with E-state index in [1.54, 1.807) is 25.2 Å². The van der Waals surface area contributed by atoms with Gasteiger partial charge in [0, 0.05) is 12.6 Å². The van der Waals surface area contributed by atoms with Crippen LogP contribution in [0.5, 0.6) is 0 Å². The Balaban J connectivity index is 2.30. The summed E-state index contributed by atoms with van der Waals surface area (Å²) in [6, 6.07) is 6.96. The Kier molecular flexibility index (Phi) is 3.64. The van der Waals surface area contributed by atoms with E-state index in [1.807, 2.05) is 13.0 Å². The molecule has 0 spiro atoms. The highest BCUT2D eigenvalue weighted by atomic mass is 32.2. The second kappa shape index (κ2) is 4.90. The summed E-state index contributed by atoms with van der Waals surface area (Å²) in [4.78, 5) is 0.320. The minimum absolute atomic E-state index is 0.292. The van der Waals surface area contributed by atoms with Crippen LogP contribution in [-0.2, 0) is 10.0 Å². The molecule has 100 valence electrons. The van der Waals surface area contributed by atoms with Crippen LogP contribution in [0.2, 0.25) is 0 Å². The molecule has 1 aliphatic rings. The molecular formula is C13H20N2O2S. The van der Waals surface area contributed by atoms with E-state index < -0.39 is 10.0 Å². The second-order valence-electron chi connectivity index (χ2n) is 5.12. The van der Waals surface area contributed by atoms with Crippen LogP contribution in [0.4, 0.5) is 5.69 Å². The van der Waals surface area contributed by atoms with Crippen molar-refractivity contribution < 1.29 is 8.42 Å². The van der Waals surface area contributed by atoms with Gasteiger partial charge in [-0.25, -0.2) is 13.1 Å². The van der Waals surface area contributed by atoms with E-state index in [0.29, 0.717) is 10.6 Å². The van der Waals surface area contributed by atoms with E-state index in [2.05, 4.69) is 10.0 Å². The largest absolute Gasteiger partial charge is 0.387 e. The van der Waals surface area contributed by atoms with Gasteiger partial charge in [-0.2, -0.15) is 0 Å². The number of benzene rings is 1. The maximum absolute atomic E-state index is 12.4. The number of hydrogen-bond acceptors (Lipinski definition) is 3. The molecule has 2 N–H and O–H groups in total. The van der Waals surface area contributed by atoms with Crippen LogP contribution in [0.1, 0.15) is 32.6 Å². The highest BCUT2D eigenvalue weighted by Gasteiger charge is 2.34. The minimum atomic E-state index is -3.46. The van der Waals surface area contributed by atoms with Gasteiger partial charge in [0.15, 0.2) is 0 Å². The third-order valence-electron chi connectivity index (χ3n) is 3.53. The van der Waals surface area contributed by atoms with Crippen molar-refractivity contribution in [3.63, 3.8) is 0 Å². The lowest BCUT2D eigenvalue weighted by Crippen LogP contribution is -2.43. The Morgan fingerprint density at radius 3 is 2.39 bits per heavy atom. The fourth-order valence-corrected chi connectivity index (χ4v) is 4.22. The van der Waals surface area contributed by atoms with Crippen LogP contribution < -0.4 is 10.0 Å². The van der Waals surface area contributed by atoms with E-state index in [0.717, 1.165) is 25.7 Å². The van der Waals surface area contributed by atoms with Gasteiger partial charge >= 0.3 is 0 Å². The van der Waals surface area contributed by atoms with Gasteiger partial charge in [0.05, 0.1) is 5.69 Å². The molecule has 0 saturated heterocycles. The molecule has 1 fully saturated rings. The molecule has 4 nitrogen and oxygen atoms in total. The average Bonchev–Trinajstić information content (AvgIpc) is 2.74. The molecule has 0 unspecified atom stereocenters. The van der Waals surface area contributed by atoms with Crippen molar-refractivity contribution in [2.75, 3.05) is 12.4 Å². The van der Waals surface area contributed by atoms with Gasteiger partial charge in [-0.15, -0.1) is 0 Å². The first-order chi connectivity index (χ1) is 8.47. The third kappa shape index (κ3) is 2.67. The molecule has 1 aliphatic carbocycles. The van der Waals surface area contributed by atoms with Crippen LogP contribution in [0.15, 0.2) is 29.2 Å². The van der Waals surface area contributed by atoms with Gasteiger partial charge < -0.3 is 5.32 Å². The molecule has 1 aromatic rings. The zero-order valence-electron chi connectivity index (χ0n) is 10.9. The SMILES string of the molecule is CNc1ccccc1S(=O)(=O)NC1(C)CCCC1. The summed E-state index contributed by atoms with van der Waals surface area (Å²) >= 11 is 0. The predicted octanol–water partition coefficient (Wildman–Crippen LogP) is 2.34. The third-order valence-corrected chi connectivity index (χ3v) is 5.23. The molecule has 0 amide bonds. The summed E-state index contributed by atoms with van der Waals surface area (Å²) in [5.74, 6) is 0. The molecule has 1 aromatic carbocycles. The van der Waals surface area contributed by atoms with Crippen molar-refractivity contribution in [1.82, 2.24) is 4.72 Å². The zero-order valence-corrected chi connectivity index (χ0v) is 11.7. The van der Waals surface area contributed by atoms with Gasteiger partial charge in [-0.05, 0) is 31.9 Å². The van der Waals surface area contributed by atoms with Crippen LogP contribution in [0, 0.1) is 0 Å². The van der Waals surface area contributed by atoms with E-state index >= 15 is 0 Å². The molecule has 18 heavy (non-hydrogen) atoms. The highest BCUT2D eigenvalue weighted by molar-refractivity contribution is 7.89. The lowest BCUT2D eigenvalue weighted by Gasteiger charge is -2.25. The normalized spacial score (nSPS) is 18.8. The topological polar surface area (TPSA) is 58.2 Å². The van der Waals surface area contributed by atoms with E-state index in [9.17, 15) is 8.42 Å². The monoisotopic (exact) mass is 268 g/mol. The zero-order chi connectivity index (χ0) is 13.2. The van der Waals surface area contributed by atoms with Gasteiger partial charge in [-0.3, -0.25) is 0 Å². The number of para-hydroxylation sites is 1. The van der Waals surface area contributed by atoms with Gasteiger partial charge in [0.25, 0.3) is 0 Å². The fraction of sp³-hybridized carbons (Fsp3) is 0.538. The molecular weight excluding hydrogens is 248 g/mol. The Bertz CT molecular complexity index is 520. The summed E-state index contributed by atoms with van der Waals surface area (Å²) in [5.41, 5.74) is 0.339. The number of sulfonamides is 1. The van der Waals surface area contributed by atoms with Crippen LogP contribution in [0.25, 0.3) is 0 Å². The van der Waals surface area contributed by atoms with E-state index in [1.165, 1.54) is 0 Å². The summed E-state index contributed by atoms with van der Waals surface area (Å²) in [6.45, 7) is 1.99. The molecule has 0 aliphatic heterocycles. The molecule has 1 saturated carbocycles. The standard InChI is InChI=1S/C13H20N2O2S/c1-13(9-5-6-10-13)15-18(16,17)12-8-4-3-7-11(12)14-2/h3-4,7-8,14-15H,5-6,9-10H2,1-2H3. The number of anilines is 1. The Morgan fingerprint density at radius 1 is 1.17 bits per heavy atom. The maximum atomic E-state index is 12.4. The highest BCUT2D eigenvalue weighted by Crippen LogP contribution is 2.31. The van der Waals surface area contributed by atoms with Crippen molar-refractivity contribution in [2.24, 2.45) is 0 Å². The quantitative estimate of drug-likeness (QED) is 0.881. The second-order valence-corrected chi connectivity index (χ2v) is 6.77. The van der Waals surface area contributed by atoms with Crippen molar-refractivity contribution in [1.29, 1.82) is 0 Å². The summed E-state index contributed by atoms with van der Waals surface area (Å²) in [5, 5.41) is 2.92. The lowest BCUT2D eigenvalue weighted by atomic mass is 10.0. The van der Waals surface area contributed by atoms with Crippen molar-refractivity contribution in [2.45, 2.75) is 43.0 Å². The number of rotatable bonds is 4. The molecule has 0 bridgehead atoms. The smallest absolute Gasteiger partial charge is 0.243 e. The maximum Gasteiger partial charge on any atom is 0.243 e. The molecule has 2 rings (SSSR count). The average molecular weight is 268 g/mol. The van der Waals surface area contributed by atoms with Gasteiger partial charge in [-0.1, -0.05) is 25.0 Å². The molecule has 0 aromatic heterocycles. The molecule has 5 heteroatoms. The predicted molar refractivity (Wildman–Crippen MR) is 73.2 cm³/mol. The van der Waals surface area contributed by atoms with Crippen LogP contribution in [-0.4, -0.2) is 21.0 Å². The van der Waals surface area contributed by atoms with Gasteiger partial charge in [0.2, 0.25) is 10.0 Å². The number of nitrogens with one attached hydrogen (secondary N) is 2.